The number of aryl methyl sites for hydroxylation is 1. The fraction of sp³-hybridized carbons (Fsp3) is 0.667. The molecule has 0 bridgehead atoms. The van der Waals surface area contributed by atoms with Gasteiger partial charge in [-0.15, -0.1) is 0 Å². The van der Waals surface area contributed by atoms with Crippen LogP contribution in [0.2, 0.25) is 0 Å². The molecule has 2 rings (SSSR count). The number of hydrogen-bond donors (Lipinski definition) is 3. The van der Waals surface area contributed by atoms with E-state index >= 15 is 0 Å². The fourth-order valence-corrected chi connectivity index (χ4v) is 3.67. The van der Waals surface area contributed by atoms with Crippen molar-refractivity contribution in [2.45, 2.75) is 84.5 Å². The quantitative estimate of drug-likeness (QED) is 0.470. The second kappa shape index (κ2) is 11.3. The van der Waals surface area contributed by atoms with Gasteiger partial charge in [-0.1, -0.05) is 6.07 Å². The Morgan fingerprint density at radius 3 is 2.26 bits per heavy atom. The largest absolute Gasteiger partial charge is 0.444 e. The summed E-state index contributed by atoms with van der Waals surface area (Å²) in [5.74, 6) is 0.849. The van der Waals surface area contributed by atoms with E-state index in [4.69, 9.17) is 9.73 Å². The van der Waals surface area contributed by atoms with E-state index in [1.54, 1.807) is 0 Å². The molecule has 174 valence electrons. The summed E-state index contributed by atoms with van der Waals surface area (Å²) >= 11 is 0. The van der Waals surface area contributed by atoms with Gasteiger partial charge in [0.1, 0.15) is 5.60 Å². The van der Waals surface area contributed by atoms with Crippen LogP contribution >= 0.6 is 0 Å². The van der Waals surface area contributed by atoms with Gasteiger partial charge in [0.25, 0.3) is 0 Å². The number of anilines is 1. The Labute approximate surface area is 188 Å². The standard InChI is InChI=1S/C24H41N5O2/c1-8-25-22(26-16-18-9-14-21(29(6)7)15-17(18)2)27-19-10-12-20(13-11-19)28-23(30)31-24(3,4)5/h9,14-15,19-20H,8,10-13,16H2,1-7H3,(H,28,30)(H2,25,26,27). The minimum atomic E-state index is -0.467. The van der Waals surface area contributed by atoms with Gasteiger partial charge in [0.15, 0.2) is 5.96 Å². The molecule has 1 amide bonds. The van der Waals surface area contributed by atoms with E-state index < -0.39 is 5.60 Å². The van der Waals surface area contributed by atoms with Gasteiger partial charge in [0, 0.05) is 38.4 Å². The Morgan fingerprint density at radius 2 is 1.74 bits per heavy atom. The highest BCUT2D eigenvalue weighted by Gasteiger charge is 2.25. The monoisotopic (exact) mass is 431 g/mol. The van der Waals surface area contributed by atoms with Gasteiger partial charge in [0.2, 0.25) is 0 Å². The number of benzene rings is 1. The third kappa shape index (κ3) is 8.67. The molecule has 0 spiro atoms. The maximum Gasteiger partial charge on any atom is 0.407 e. The lowest BCUT2D eigenvalue weighted by Gasteiger charge is -2.31. The number of carbonyl (C=O) groups is 1. The molecule has 1 aliphatic carbocycles. The lowest BCUT2D eigenvalue weighted by molar-refractivity contribution is 0.0490. The highest BCUT2D eigenvalue weighted by Crippen LogP contribution is 2.20. The molecule has 3 N–H and O–H groups in total. The molecule has 0 heterocycles. The second-order valence-electron chi connectivity index (χ2n) is 9.54. The van der Waals surface area contributed by atoms with E-state index in [1.807, 2.05) is 20.8 Å². The van der Waals surface area contributed by atoms with Crippen LogP contribution in [0.25, 0.3) is 0 Å². The number of alkyl carbamates (subject to hydrolysis) is 1. The zero-order chi connectivity index (χ0) is 23.0. The van der Waals surface area contributed by atoms with Gasteiger partial charge in [-0.25, -0.2) is 9.79 Å². The number of rotatable bonds is 6. The van der Waals surface area contributed by atoms with Crippen molar-refractivity contribution in [3.05, 3.63) is 29.3 Å². The van der Waals surface area contributed by atoms with Crippen LogP contribution < -0.4 is 20.9 Å². The molecule has 7 heteroatoms. The number of hydrogen-bond acceptors (Lipinski definition) is 4. The van der Waals surface area contributed by atoms with Crippen LogP contribution in [0.15, 0.2) is 23.2 Å². The van der Waals surface area contributed by atoms with Gasteiger partial charge < -0.3 is 25.6 Å². The van der Waals surface area contributed by atoms with Crippen LogP contribution in [0.5, 0.6) is 0 Å². The van der Waals surface area contributed by atoms with Crippen molar-refractivity contribution in [2.24, 2.45) is 4.99 Å². The Morgan fingerprint density at radius 1 is 1.13 bits per heavy atom. The Balaban J connectivity index is 1.88. The molecule has 7 nitrogen and oxygen atoms in total. The van der Waals surface area contributed by atoms with E-state index in [-0.39, 0.29) is 12.1 Å². The molecule has 0 aliphatic heterocycles. The summed E-state index contributed by atoms with van der Waals surface area (Å²) in [5.41, 5.74) is 3.21. The number of nitrogens with one attached hydrogen (secondary N) is 3. The molecule has 0 unspecified atom stereocenters. The van der Waals surface area contributed by atoms with Gasteiger partial charge in [0.05, 0.1) is 6.54 Å². The molecule has 0 radical (unpaired) electrons. The van der Waals surface area contributed by atoms with E-state index in [0.29, 0.717) is 12.6 Å². The smallest absolute Gasteiger partial charge is 0.407 e. The maximum absolute atomic E-state index is 12.0. The maximum atomic E-state index is 12.0. The second-order valence-corrected chi connectivity index (χ2v) is 9.54. The molecule has 0 saturated heterocycles. The number of amides is 1. The Bertz CT molecular complexity index is 747. The molecule has 0 aromatic heterocycles. The van der Waals surface area contributed by atoms with Gasteiger partial charge in [-0.05, 0) is 83.6 Å². The third-order valence-corrected chi connectivity index (χ3v) is 5.38. The topological polar surface area (TPSA) is 78.0 Å². The van der Waals surface area contributed by atoms with Crippen molar-refractivity contribution < 1.29 is 9.53 Å². The minimum absolute atomic E-state index is 0.172. The summed E-state index contributed by atoms with van der Waals surface area (Å²) in [6, 6.07) is 7.02. The first-order valence-electron chi connectivity index (χ1n) is 11.4. The van der Waals surface area contributed by atoms with Gasteiger partial charge in [-0.3, -0.25) is 0 Å². The average Bonchev–Trinajstić information content (AvgIpc) is 2.67. The average molecular weight is 432 g/mol. The van der Waals surface area contributed by atoms with Crippen molar-refractivity contribution in [3.8, 4) is 0 Å². The first-order chi connectivity index (χ1) is 14.6. The number of carbonyl (C=O) groups excluding carboxylic acids is 1. The van der Waals surface area contributed by atoms with Crippen molar-refractivity contribution in [1.29, 1.82) is 0 Å². The lowest BCUT2D eigenvalue weighted by atomic mass is 9.91. The highest BCUT2D eigenvalue weighted by molar-refractivity contribution is 5.80. The minimum Gasteiger partial charge on any atom is -0.444 e. The molecule has 1 aromatic carbocycles. The van der Waals surface area contributed by atoms with E-state index in [9.17, 15) is 4.79 Å². The van der Waals surface area contributed by atoms with Crippen molar-refractivity contribution in [3.63, 3.8) is 0 Å². The summed E-state index contributed by atoms with van der Waals surface area (Å²) in [6.07, 6.45) is 3.51. The van der Waals surface area contributed by atoms with Gasteiger partial charge in [-0.2, -0.15) is 0 Å². The number of aliphatic imine (C=N–C) groups is 1. The summed E-state index contributed by atoms with van der Waals surface area (Å²) in [6.45, 7) is 11.3. The molecule has 1 saturated carbocycles. The van der Waals surface area contributed by atoms with E-state index in [2.05, 4.69) is 67.0 Å². The van der Waals surface area contributed by atoms with Crippen molar-refractivity contribution in [2.75, 3.05) is 25.5 Å². The van der Waals surface area contributed by atoms with Crippen molar-refractivity contribution >= 4 is 17.7 Å². The number of guanidine groups is 1. The summed E-state index contributed by atoms with van der Waals surface area (Å²) in [5, 5.41) is 9.94. The zero-order valence-corrected chi connectivity index (χ0v) is 20.3. The van der Waals surface area contributed by atoms with Crippen molar-refractivity contribution in [1.82, 2.24) is 16.0 Å². The predicted molar refractivity (Wildman–Crippen MR) is 129 cm³/mol. The van der Waals surface area contributed by atoms with E-state index in [1.165, 1.54) is 16.8 Å². The summed E-state index contributed by atoms with van der Waals surface area (Å²) in [7, 11) is 4.11. The van der Waals surface area contributed by atoms with Crippen LogP contribution in [0.3, 0.4) is 0 Å². The first-order valence-corrected chi connectivity index (χ1v) is 11.4. The molecular weight excluding hydrogens is 390 g/mol. The summed E-state index contributed by atoms with van der Waals surface area (Å²) in [4.78, 5) is 18.9. The Hall–Kier alpha value is -2.44. The van der Waals surface area contributed by atoms with Gasteiger partial charge >= 0.3 is 6.09 Å². The lowest BCUT2D eigenvalue weighted by Crippen LogP contribution is -2.48. The molecule has 1 fully saturated rings. The molecule has 0 atom stereocenters. The SMILES string of the molecule is CCNC(=NCc1ccc(N(C)C)cc1C)NC1CCC(NC(=O)OC(C)(C)C)CC1. The number of nitrogens with zero attached hydrogens (tertiary/aromatic N) is 2. The molecular formula is C24H41N5O2. The van der Waals surface area contributed by atoms with Crippen LogP contribution in [0.4, 0.5) is 10.5 Å². The molecule has 1 aliphatic rings. The first kappa shape index (κ1) is 24.8. The zero-order valence-electron chi connectivity index (χ0n) is 20.3. The predicted octanol–water partition coefficient (Wildman–Crippen LogP) is 3.95. The fourth-order valence-electron chi connectivity index (χ4n) is 3.67. The molecule has 31 heavy (non-hydrogen) atoms. The molecule has 1 aromatic rings. The van der Waals surface area contributed by atoms with Crippen LogP contribution in [0.1, 0.15) is 64.5 Å². The van der Waals surface area contributed by atoms with Crippen LogP contribution in [-0.2, 0) is 11.3 Å². The summed E-state index contributed by atoms with van der Waals surface area (Å²) < 4.78 is 5.37. The Kier molecular flexibility index (Phi) is 9.01. The third-order valence-electron chi connectivity index (χ3n) is 5.38. The highest BCUT2D eigenvalue weighted by atomic mass is 16.6. The van der Waals surface area contributed by atoms with Crippen LogP contribution in [-0.4, -0.2) is 50.4 Å². The van der Waals surface area contributed by atoms with E-state index in [0.717, 1.165) is 38.2 Å². The normalized spacial score (nSPS) is 19.5. The van der Waals surface area contributed by atoms with Crippen LogP contribution in [0, 0.1) is 6.92 Å². The number of ether oxygens (including phenoxy) is 1.